The molecule has 1 aromatic heterocycles. The van der Waals surface area contributed by atoms with Crippen LogP contribution in [-0.2, 0) is 9.53 Å². The maximum atomic E-state index is 12.3. The number of carbonyl (C=O) groups is 3. The lowest BCUT2D eigenvalue weighted by atomic mass is 10.2. The number of urea groups is 1. The molecular formula is C15H15ClN4O4. The number of rotatable bonds is 4. The number of amides is 3. The fourth-order valence-electron chi connectivity index (χ4n) is 1.97. The van der Waals surface area contributed by atoms with Gasteiger partial charge in [-0.2, -0.15) is 5.10 Å². The highest BCUT2D eigenvalue weighted by Gasteiger charge is 2.26. The largest absolute Gasteiger partial charge is 0.449 e. The van der Waals surface area contributed by atoms with Crippen LogP contribution in [0.15, 0.2) is 30.3 Å². The summed E-state index contributed by atoms with van der Waals surface area (Å²) in [7, 11) is 0. The Bertz CT molecular complexity index is 788. The van der Waals surface area contributed by atoms with Crippen LogP contribution in [0.3, 0.4) is 0 Å². The number of ether oxygens (including phenoxy) is 1. The number of nitrogens with two attached hydrogens (primary N) is 1. The second-order valence-electron chi connectivity index (χ2n) is 4.90. The molecule has 0 aliphatic carbocycles. The van der Waals surface area contributed by atoms with Crippen molar-refractivity contribution in [2.45, 2.75) is 20.0 Å². The highest BCUT2D eigenvalue weighted by molar-refractivity contribution is 6.33. The Hall–Kier alpha value is -2.87. The molecule has 2 rings (SSSR count). The van der Waals surface area contributed by atoms with Crippen LogP contribution in [0, 0.1) is 6.92 Å². The number of nitrogens with one attached hydrogen (secondary N) is 1. The number of carbonyl (C=O) groups excluding carboxylic acids is 3. The van der Waals surface area contributed by atoms with Crippen molar-refractivity contribution in [2.24, 2.45) is 5.73 Å². The van der Waals surface area contributed by atoms with E-state index in [2.05, 4.69) is 5.10 Å². The third-order valence-corrected chi connectivity index (χ3v) is 3.46. The summed E-state index contributed by atoms with van der Waals surface area (Å²) in [5, 5.41) is 6.10. The second kappa shape index (κ2) is 7.14. The quantitative estimate of drug-likeness (QED) is 0.812. The molecule has 0 saturated carbocycles. The normalized spacial score (nSPS) is 11.6. The Morgan fingerprint density at radius 3 is 2.50 bits per heavy atom. The number of para-hydroxylation sites is 1. The molecule has 0 spiro atoms. The van der Waals surface area contributed by atoms with Crippen molar-refractivity contribution in [3.63, 3.8) is 0 Å². The van der Waals surface area contributed by atoms with E-state index in [-0.39, 0.29) is 10.7 Å². The molecule has 126 valence electrons. The fraction of sp³-hybridized carbons (Fsp3) is 0.200. The van der Waals surface area contributed by atoms with Crippen LogP contribution >= 0.6 is 11.6 Å². The first-order valence-electron chi connectivity index (χ1n) is 6.93. The molecule has 3 N–H and O–H groups in total. The summed E-state index contributed by atoms with van der Waals surface area (Å²) < 4.78 is 6.40. The van der Waals surface area contributed by atoms with Crippen molar-refractivity contribution < 1.29 is 19.1 Å². The standard InChI is InChI=1S/C15H15ClN4O4/c1-8-11(14(22)24-9(2)13(21)18-15(17)23)12(16)20(19-8)10-6-4-3-5-7-10/h3-7,9H,1-2H3,(H3,17,18,21,23)/t9-/m0/s1. The minimum absolute atomic E-state index is 0.0410. The molecule has 0 radical (unpaired) electrons. The average molecular weight is 351 g/mol. The van der Waals surface area contributed by atoms with Crippen molar-refractivity contribution in [3.05, 3.63) is 46.7 Å². The zero-order valence-electron chi connectivity index (χ0n) is 12.9. The zero-order chi connectivity index (χ0) is 17.9. The Kier molecular flexibility index (Phi) is 5.20. The molecule has 0 fully saturated rings. The van der Waals surface area contributed by atoms with Gasteiger partial charge in [0.05, 0.1) is 11.4 Å². The lowest BCUT2D eigenvalue weighted by Crippen LogP contribution is -2.42. The number of aromatic nitrogens is 2. The van der Waals surface area contributed by atoms with E-state index in [0.29, 0.717) is 11.4 Å². The minimum Gasteiger partial charge on any atom is -0.449 e. The van der Waals surface area contributed by atoms with Gasteiger partial charge in [-0.1, -0.05) is 29.8 Å². The first-order valence-corrected chi connectivity index (χ1v) is 7.31. The minimum atomic E-state index is -1.22. The number of aryl methyl sites for hydroxylation is 1. The van der Waals surface area contributed by atoms with Crippen LogP contribution in [0.5, 0.6) is 0 Å². The van der Waals surface area contributed by atoms with Gasteiger partial charge < -0.3 is 10.5 Å². The van der Waals surface area contributed by atoms with Crippen molar-refractivity contribution in [2.75, 3.05) is 0 Å². The average Bonchev–Trinajstić information content (AvgIpc) is 2.82. The van der Waals surface area contributed by atoms with Crippen LogP contribution in [0.2, 0.25) is 5.15 Å². The second-order valence-corrected chi connectivity index (χ2v) is 5.26. The van der Waals surface area contributed by atoms with Gasteiger partial charge in [0.25, 0.3) is 5.91 Å². The SMILES string of the molecule is Cc1nn(-c2ccccc2)c(Cl)c1C(=O)O[C@@H](C)C(=O)NC(N)=O. The van der Waals surface area contributed by atoms with E-state index >= 15 is 0 Å². The zero-order valence-corrected chi connectivity index (χ0v) is 13.7. The van der Waals surface area contributed by atoms with Crippen molar-refractivity contribution >= 4 is 29.5 Å². The molecule has 8 nitrogen and oxygen atoms in total. The highest BCUT2D eigenvalue weighted by Crippen LogP contribution is 2.24. The van der Waals surface area contributed by atoms with Crippen LogP contribution in [0.25, 0.3) is 5.69 Å². The molecule has 0 aliphatic heterocycles. The number of imide groups is 1. The summed E-state index contributed by atoms with van der Waals surface area (Å²) in [5.41, 5.74) is 5.90. The molecule has 1 atom stereocenters. The molecule has 0 saturated heterocycles. The van der Waals surface area contributed by atoms with Gasteiger partial charge in [-0.15, -0.1) is 0 Å². The third-order valence-electron chi connectivity index (χ3n) is 3.11. The van der Waals surface area contributed by atoms with Crippen molar-refractivity contribution in [1.82, 2.24) is 15.1 Å². The lowest BCUT2D eigenvalue weighted by Gasteiger charge is -2.11. The Morgan fingerprint density at radius 2 is 1.92 bits per heavy atom. The molecule has 0 aliphatic rings. The van der Waals surface area contributed by atoms with E-state index in [1.165, 1.54) is 11.6 Å². The van der Waals surface area contributed by atoms with Crippen LogP contribution in [0.1, 0.15) is 23.0 Å². The molecule has 0 bridgehead atoms. The van der Waals surface area contributed by atoms with E-state index in [9.17, 15) is 14.4 Å². The van der Waals surface area contributed by atoms with Gasteiger partial charge in [0.2, 0.25) is 0 Å². The highest BCUT2D eigenvalue weighted by atomic mass is 35.5. The van der Waals surface area contributed by atoms with Gasteiger partial charge in [-0.25, -0.2) is 14.3 Å². The first kappa shape index (κ1) is 17.5. The van der Waals surface area contributed by atoms with Gasteiger partial charge in [-0.05, 0) is 26.0 Å². The summed E-state index contributed by atoms with van der Waals surface area (Å²) in [6.07, 6.45) is -1.22. The van der Waals surface area contributed by atoms with E-state index in [1.54, 1.807) is 31.2 Å². The topological polar surface area (TPSA) is 116 Å². The van der Waals surface area contributed by atoms with Crippen molar-refractivity contribution in [1.29, 1.82) is 0 Å². The number of esters is 1. The molecule has 0 unspecified atom stereocenters. The molecular weight excluding hydrogens is 336 g/mol. The molecule has 1 aromatic carbocycles. The third kappa shape index (κ3) is 3.72. The molecule has 2 aromatic rings. The molecule has 3 amide bonds. The number of halogens is 1. The summed E-state index contributed by atoms with van der Waals surface area (Å²) in [4.78, 5) is 34.5. The van der Waals surface area contributed by atoms with Crippen LogP contribution < -0.4 is 11.1 Å². The molecule has 1 heterocycles. The summed E-state index contributed by atoms with van der Waals surface area (Å²) in [6.45, 7) is 2.90. The maximum absolute atomic E-state index is 12.3. The Labute approximate surface area is 142 Å². The molecule has 24 heavy (non-hydrogen) atoms. The number of hydrogen-bond donors (Lipinski definition) is 2. The summed E-state index contributed by atoms with van der Waals surface area (Å²) in [5.74, 6) is -1.66. The monoisotopic (exact) mass is 350 g/mol. The van der Waals surface area contributed by atoms with E-state index < -0.39 is 24.0 Å². The predicted octanol–water partition coefficient (Wildman–Crippen LogP) is 1.57. The van der Waals surface area contributed by atoms with E-state index in [1.807, 2.05) is 11.4 Å². The lowest BCUT2D eigenvalue weighted by molar-refractivity contribution is -0.127. The first-order chi connectivity index (χ1) is 11.3. The smallest absolute Gasteiger partial charge is 0.344 e. The van der Waals surface area contributed by atoms with E-state index in [0.717, 1.165) is 0 Å². The Balaban J connectivity index is 2.23. The number of nitrogens with zero attached hydrogens (tertiary/aromatic N) is 2. The maximum Gasteiger partial charge on any atom is 0.344 e. The number of benzene rings is 1. The fourth-order valence-corrected chi connectivity index (χ4v) is 2.32. The summed E-state index contributed by atoms with van der Waals surface area (Å²) >= 11 is 6.23. The summed E-state index contributed by atoms with van der Waals surface area (Å²) in [6, 6.07) is 7.96. The number of primary amides is 1. The van der Waals surface area contributed by atoms with Crippen LogP contribution in [0.4, 0.5) is 4.79 Å². The molecule has 9 heteroatoms. The Morgan fingerprint density at radius 1 is 1.29 bits per heavy atom. The van der Waals surface area contributed by atoms with Gasteiger partial charge in [0.1, 0.15) is 10.7 Å². The van der Waals surface area contributed by atoms with Gasteiger partial charge in [0.15, 0.2) is 6.10 Å². The van der Waals surface area contributed by atoms with Gasteiger partial charge >= 0.3 is 12.0 Å². The van der Waals surface area contributed by atoms with Crippen molar-refractivity contribution in [3.8, 4) is 5.69 Å². The van der Waals surface area contributed by atoms with Gasteiger partial charge in [-0.3, -0.25) is 10.1 Å². The van der Waals surface area contributed by atoms with Crippen LogP contribution in [-0.4, -0.2) is 33.8 Å². The predicted molar refractivity (Wildman–Crippen MR) is 85.9 cm³/mol. The van der Waals surface area contributed by atoms with Gasteiger partial charge in [0, 0.05) is 0 Å². The van der Waals surface area contributed by atoms with E-state index in [4.69, 9.17) is 22.1 Å². The number of hydrogen-bond acceptors (Lipinski definition) is 5.